The van der Waals surface area contributed by atoms with Crippen LogP contribution in [0, 0.1) is 0 Å². The molecule has 6 aromatic rings. The summed E-state index contributed by atoms with van der Waals surface area (Å²) in [7, 11) is 0. The van der Waals surface area contributed by atoms with E-state index in [2.05, 4.69) is 80.7 Å². The van der Waals surface area contributed by atoms with Crippen molar-refractivity contribution in [3.8, 4) is 33.4 Å². The van der Waals surface area contributed by atoms with E-state index in [0.29, 0.717) is 29.4 Å². The number of carboxylic acid groups (broad SMARTS) is 3. The average molecular weight is 798 g/mol. The number of benzene rings is 6. The van der Waals surface area contributed by atoms with E-state index in [1.807, 2.05) is 72.8 Å². The van der Waals surface area contributed by atoms with E-state index >= 15 is 0 Å². The molecule has 0 saturated carbocycles. The molecule has 0 aromatic heterocycles. The van der Waals surface area contributed by atoms with Crippen LogP contribution >= 0.6 is 75.8 Å². The van der Waals surface area contributed by atoms with Crippen LogP contribution in [0.5, 0.6) is 0 Å². The number of nitrogens with zero attached hydrogens (tertiary/aromatic N) is 1. The summed E-state index contributed by atoms with van der Waals surface area (Å²) in [6.07, 6.45) is 0. The molecule has 13 heteroatoms. The molecule has 0 saturated heterocycles. The number of anilines is 3. The minimum absolute atomic E-state index is 0.0353. The lowest BCUT2D eigenvalue weighted by Crippen LogP contribution is -2.10. The molecule has 0 atom stereocenters. The van der Waals surface area contributed by atoms with Crippen molar-refractivity contribution in [2.24, 2.45) is 0 Å². The normalized spacial score (nSPS) is 11.0. The van der Waals surface area contributed by atoms with Gasteiger partial charge in [0.15, 0.2) is 0 Å². The van der Waals surface area contributed by atoms with Gasteiger partial charge < -0.3 is 20.2 Å². The van der Waals surface area contributed by atoms with E-state index in [1.165, 1.54) is 0 Å². The minimum Gasteiger partial charge on any atom is -0.478 e. The molecule has 6 rings (SSSR count). The highest BCUT2D eigenvalue weighted by molar-refractivity contribution is 7.82. The molecule has 0 aliphatic rings. The fourth-order valence-corrected chi connectivity index (χ4v) is 8.24. The van der Waals surface area contributed by atoms with Crippen molar-refractivity contribution in [2.45, 2.75) is 29.4 Å². The van der Waals surface area contributed by atoms with Gasteiger partial charge in [0, 0.05) is 46.4 Å². The summed E-state index contributed by atoms with van der Waals surface area (Å²) in [6, 6.07) is 33.5. The second-order valence-electron chi connectivity index (χ2n) is 11.6. The van der Waals surface area contributed by atoms with Gasteiger partial charge in [-0.25, -0.2) is 14.4 Å². The van der Waals surface area contributed by atoms with E-state index in [9.17, 15) is 29.7 Å². The number of carbonyl (C=O) groups is 3. The molecular formula is C39H27NO6S6. The Morgan fingerprint density at radius 1 is 0.346 bits per heavy atom. The molecular weight excluding hydrogens is 771 g/mol. The zero-order valence-electron chi connectivity index (χ0n) is 26.6. The SMILES string of the molecule is O=C(O)c1c(S)cc(-c2ccc(N(c3ccc(-c4cc(S)c(C(=O)O)c(S)c4)cc3)c3ccc(-c4cc(S)c(C(=O)O)c(S)c4)cc3)cc2)cc1S. The summed E-state index contributed by atoms with van der Waals surface area (Å²) < 4.78 is 0. The van der Waals surface area contributed by atoms with Gasteiger partial charge in [0.05, 0.1) is 16.7 Å². The summed E-state index contributed by atoms with van der Waals surface area (Å²) in [5.41, 5.74) is 7.36. The molecule has 260 valence electrons. The zero-order valence-corrected chi connectivity index (χ0v) is 32.0. The molecule has 0 aliphatic carbocycles. The summed E-state index contributed by atoms with van der Waals surface area (Å²) in [5.74, 6) is -3.31. The van der Waals surface area contributed by atoms with Crippen molar-refractivity contribution in [1.82, 2.24) is 0 Å². The first kappa shape index (κ1) is 37.4. The van der Waals surface area contributed by atoms with E-state index in [-0.39, 0.29) is 16.7 Å². The lowest BCUT2D eigenvalue weighted by molar-refractivity contribution is 0.0678. The van der Waals surface area contributed by atoms with Gasteiger partial charge in [-0.1, -0.05) is 36.4 Å². The molecule has 7 nitrogen and oxygen atoms in total. The molecule has 0 heterocycles. The first-order valence-electron chi connectivity index (χ1n) is 15.2. The van der Waals surface area contributed by atoms with Gasteiger partial charge in [-0.3, -0.25) is 0 Å². The Morgan fingerprint density at radius 2 is 0.538 bits per heavy atom. The van der Waals surface area contributed by atoms with Crippen LogP contribution in [0.15, 0.2) is 139 Å². The monoisotopic (exact) mass is 797 g/mol. The van der Waals surface area contributed by atoms with Crippen LogP contribution in [0.3, 0.4) is 0 Å². The minimum atomic E-state index is -1.10. The largest absolute Gasteiger partial charge is 0.478 e. The lowest BCUT2D eigenvalue weighted by Gasteiger charge is -2.26. The number of hydrogen-bond donors (Lipinski definition) is 9. The van der Waals surface area contributed by atoms with Gasteiger partial charge in [-0.2, -0.15) is 0 Å². The third-order valence-electron chi connectivity index (χ3n) is 8.31. The molecule has 0 radical (unpaired) electrons. The highest BCUT2D eigenvalue weighted by Gasteiger charge is 2.19. The number of carboxylic acids is 3. The third-order valence-corrected chi connectivity index (χ3v) is 10.4. The lowest BCUT2D eigenvalue weighted by atomic mass is 10.0. The number of thiol groups is 6. The highest BCUT2D eigenvalue weighted by atomic mass is 32.1. The molecule has 0 spiro atoms. The van der Waals surface area contributed by atoms with Crippen LogP contribution in [0.2, 0.25) is 0 Å². The second-order valence-corrected chi connectivity index (χ2v) is 14.5. The van der Waals surface area contributed by atoms with Crippen molar-refractivity contribution in [3.05, 3.63) is 126 Å². The van der Waals surface area contributed by atoms with Gasteiger partial charge in [0.25, 0.3) is 0 Å². The van der Waals surface area contributed by atoms with Gasteiger partial charge in [0.2, 0.25) is 0 Å². The van der Waals surface area contributed by atoms with Crippen LogP contribution in [0.25, 0.3) is 33.4 Å². The van der Waals surface area contributed by atoms with E-state index < -0.39 is 17.9 Å². The second kappa shape index (κ2) is 15.3. The quantitative estimate of drug-likeness (QED) is 0.0669. The van der Waals surface area contributed by atoms with E-state index in [1.54, 1.807) is 36.4 Å². The van der Waals surface area contributed by atoms with Crippen LogP contribution in [0.1, 0.15) is 31.1 Å². The fraction of sp³-hybridized carbons (Fsp3) is 0. The Kier molecular flexibility index (Phi) is 11.0. The van der Waals surface area contributed by atoms with Crippen LogP contribution < -0.4 is 4.90 Å². The molecule has 0 bridgehead atoms. The molecule has 0 amide bonds. The van der Waals surface area contributed by atoms with Crippen LogP contribution in [-0.2, 0) is 0 Å². The highest BCUT2D eigenvalue weighted by Crippen LogP contribution is 2.40. The summed E-state index contributed by atoms with van der Waals surface area (Å²) in [6.45, 7) is 0. The Balaban J connectivity index is 1.40. The summed E-state index contributed by atoms with van der Waals surface area (Å²) in [4.78, 5) is 38.9. The maximum Gasteiger partial charge on any atom is 0.337 e. The first-order valence-corrected chi connectivity index (χ1v) is 17.9. The van der Waals surface area contributed by atoms with Crippen molar-refractivity contribution in [1.29, 1.82) is 0 Å². The van der Waals surface area contributed by atoms with Crippen molar-refractivity contribution in [2.75, 3.05) is 4.90 Å². The van der Waals surface area contributed by atoms with Crippen LogP contribution in [-0.4, -0.2) is 33.2 Å². The van der Waals surface area contributed by atoms with E-state index in [0.717, 1.165) is 50.4 Å². The fourth-order valence-electron chi connectivity index (χ4n) is 5.85. The van der Waals surface area contributed by atoms with Gasteiger partial charge >= 0.3 is 17.9 Å². The third kappa shape index (κ3) is 7.56. The van der Waals surface area contributed by atoms with Crippen LogP contribution in [0.4, 0.5) is 17.1 Å². The number of rotatable bonds is 9. The maximum absolute atomic E-state index is 11.7. The first-order chi connectivity index (χ1) is 24.7. The Labute approximate surface area is 331 Å². The maximum atomic E-state index is 11.7. The molecule has 3 N–H and O–H groups in total. The summed E-state index contributed by atoms with van der Waals surface area (Å²) >= 11 is 26.3. The Hall–Kier alpha value is -4.37. The van der Waals surface area contributed by atoms with Crippen molar-refractivity contribution in [3.63, 3.8) is 0 Å². The molecule has 0 fully saturated rings. The molecule has 0 aliphatic heterocycles. The predicted molar refractivity (Wildman–Crippen MR) is 222 cm³/mol. The van der Waals surface area contributed by atoms with Gasteiger partial charge in [-0.05, 0) is 106 Å². The molecule has 52 heavy (non-hydrogen) atoms. The molecule has 0 unspecified atom stereocenters. The topological polar surface area (TPSA) is 115 Å². The van der Waals surface area contributed by atoms with Gasteiger partial charge in [0.1, 0.15) is 0 Å². The predicted octanol–water partition coefficient (Wildman–Crippen LogP) is 11.0. The van der Waals surface area contributed by atoms with Gasteiger partial charge in [-0.15, -0.1) is 75.8 Å². The smallest absolute Gasteiger partial charge is 0.337 e. The van der Waals surface area contributed by atoms with E-state index in [4.69, 9.17) is 0 Å². The number of hydrogen-bond acceptors (Lipinski definition) is 10. The zero-order chi connectivity index (χ0) is 37.4. The Bertz CT molecular complexity index is 2060. The number of aromatic carboxylic acids is 3. The van der Waals surface area contributed by atoms with Crippen molar-refractivity contribution >= 4 is 111 Å². The summed E-state index contributed by atoms with van der Waals surface area (Å²) in [5, 5.41) is 28.6. The molecule has 6 aromatic carbocycles. The average Bonchev–Trinajstić information content (AvgIpc) is 3.08. The standard InChI is InChI=1S/C39H27NO6S6/c41-37(42)34-28(47)13-22(14-29(34)48)19-1-7-25(8-2-19)40(26-9-3-20(4-10-26)23-15-30(49)35(38(43)44)31(50)16-23)27-11-5-21(6-12-27)24-17-32(51)36(39(45)46)33(52)18-24/h1-18,47-52H,(H,41,42)(H,43,44)(H,45,46). The Morgan fingerprint density at radius 3 is 0.712 bits per heavy atom. The van der Waals surface area contributed by atoms with Crippen molar-refractivity contribution < 1.29 is 29.7 Å².